The summed E-state index contributed by atoms with van der Waals surface area (Å²) in [6.45, 7) is 2.11. The van der Waals surface area contributed by atoms with E-state index in [0.29, 0.717) is 22.9 Å². The van der Waals surface area contributed by atoms with Gasteiger partial charge in [0.05, 0.1) is 22.5 Å². The van der Waals surface area contributed by atoms with Crippen molar-refractivity contribution in [3.63, 3.8) is 0 Å². The van der Waals surface area contributed by atoms with Crippen LogP contribution in [0.4, 0.5) is 5.69 Å². The third-order valence-corrected chi connectivity index (χ3v) is 2.28. The number of carbonyl (C=O) groups is 1. The average molecular weight is 280 g/mol. The fourth-order valence-electron chi connectivity index (χ4n) is 1.15. The first kappa shape index (κ1) is 14.4. The van der Waals surface area contributed by atoms with Crippen LogP contribution in [0.3, 0.4) is 0 Å². The maximum absolute atomic E-state index is 11.1. The smallest absolute Gasteiger partial charge is 0.317 e. The van der Waals surface area contributed by atoms with Crippen LogP contribution < -0.4 is 0 Å². The van der Waals surface area contributed by atoms with Crippen molar-refractivity contribution in [1.82, 2.24) is 0 Å². The van der Waals surface area contributed by atoms with Gasteiger partial charge in [-0.2, -0.15) is 4.99 Å². The Morgan fingerprint density at radius 1 is 1.56 bits per heavy atom. The molecule has 0 saturated heterocycles. The van der Waals surface area contributed by atoms with Gasteiger partial charge in [0, 0.05) is 5.56 Å². The molecule has 0 unspecified atom stereocenters. The van der Waals surface area contributed by atoms with Crippen LogP contribution >= 0.6 is 23.8 Å². The van der Waals surface area contributed by atoms with Gasteiger partial charge in [-0.1, -0.05) is 23.4 Å². The zero-order valence-corrected chi connectivity index (χ0v) is 11.3. The molecule has 0 aromatic heterocycles. The van der Waals surface area contributed by atoms with Crippen molar-refractivity contribution < 1.29 is 9.53 Å². The van der Waals surface area contributed by atoms with E-state index in [4.69, 9.17) is 16.3 Å². The molecule has 92 valence electrons. The summed E-state index contributed by atoms with van der Waals surface area (Å²) in [5, 5.41) is 2.68. The summed E-state index contributed by atoms with van der Waals surface area (Å²) in [4.78, 5) is 14.8. The quantitative estimate of drug-likeness (QED) is 0.368. The number of isothiocyanates is 1. The van der Waals surface area contributed by atoms with Gasteiger partial charge in [-0.25, -0.2) is 0 Å². The van der Waals surface area contributed by atoms with E-state index in [-0.39, 0.29) is 12.4 Å². The van der Waals surface area contributed by atoms with Gasteiger partial charge in [-0.15, -0.1) is 0 Å². The van der Waals surface area contributed by atoms with Crippen LogP contribution in [-0.4, -0.2) is 17.7 Å². The Bertz CT molecular complexity index is 554. The summed E-state index contributed by atoms with van der Waals surface area (Å²) in [6, 6.07) is 5.09. The number of benzene rings is 1. The van der Waals surface area contributed by atoms with Crippen LogP contribution in [0.5, 0.6) is 0 Å². The first-order chi connectivity index (χ1) is 8.67. The number of halogens is 1. The highest BCUT2D eigenvalue weighted by atomic mass is 35.5. The molecule has 0 atom stereocenters. The Morgan fingerprint density at radius 2 is 2.33 bits per heavy atom. The number of ether oxygens (including phenoxy) is 1. The molecule has 0 amide bonds. The number of aliphatic imine (C=N–C) groups is 1. The predicted molar refractivity (Wildman–Crippen MR) is 74.3 cm³/mol. The largest absolute Gasteiger partial charge is 0.465 e. The first-order valence-electron chi connectivity index (χ1n) is 5.19. The molecular weight excluding hydrogens is 270 g/mol. The Balaban J connectivity index is 2.75. The highest BCUT2D eigenvalue weighted by Gasteiger charge is 1.99. The van der Waals surface area contributed by atoms with Crippen molar-refractivity contribution >= 4 is 40.6 Å². The molecule has 18 heavy (non-hydrogen) atoms. The van der Waals surface area contributed by atoms with Gasteiger partial charge in [-0.05, 0) is 37.3 Å². The third-order valence-electron chi connectivity index (χ3n) is 1.88. The summed E-state index contributed by atoms with van der Waals surface area (Å²) >= 11 is 10.5. The summed E-state index contributed by atoms with van der Waals surface area (Å²) in [6.07, 6.45) is 0.0608. The molecule has 0 aliphatic carbocycles. The number of carbonyl (C=O) groups excluding carboxylic acids is 1. The van der Waals surface area contributed by atoms with Gasteiger partial charge in [-0.3, -0.25) is 4.79 Å². The molecule has 0 N–H and O–H groups in total. The van der Waals surface area contributed by atoms with Crippen molar-refractivity contribution in [2.24, 2.45) is 4.99 Å². The minimum Gasteiger partial charge on any atom is -0.465 e. The number of hydrogen-bond acceptors (Lipinski definition) is 4. The number of esters is 1. The van der Waals surface area contributed by atoms with Crippen molar-refractivity contribution in [3.8, 4) is 11.8 Å². The molecule has 0 aliphatic heterocycles. The molecule has 1 aromatic rings. The zero-order valence-electron chi connectivity index (χ0n) is 9.70. The zero-order chi connectivity index (χ0) is 13.4. The fourth-order valence-corrected chi connectivity index (χ4v) is 1.48. The Hall–Kier alpha value is -1.66. The third kappa shape index (κ3) is 4.68. The van der Waals surface area contributed by atoms with E-state index in [2.05, 4.69) is 34.2 Å². The van der Waals surface area contributed by atoms with Crippen molar-refractivity contribution in [2.75, 3.05) is 6.61 Å². The number of nitrogens with zero attached hydrogens (tertiary/aromatic N) is 1. The van der Waals surface area contributed by atoms with E-state index in [1.807, 2.05) is 0 Å². The van der Waals surface area contributed by atoms with Crippen molar-refractivity contribution in [3.05, 3.63) is 28.8 Å². The Kier molecular flexibility index (Phi) is 6.10. The lowest BCUT2D eigenvalue weighted by Gasteiger charge is -1.97. The summed E-state index contributed by atoms with van der Waals surface area (Å²) < 4.78 is 4.75. The highest BCUT2D eigenvalue weighted by molar-refractivity contribution is 7.78. The number of thiocarbonyl (C=S) groups is 1. The molecule has 0 radical (unpaired) electrons. The van der Waals surface area contributed by atoms with Gasteiger partial charge in [0.1, 0.15) is 6.42 Å². The maximum atomic E-state index is 11.1. The molecule has 1 aromatic carbocycles. The first-order valence-corrected chi connectivity index (χ1v) is 5.98. The van der Waals surface area contributed by atoms with Gasteiger partial charge in [0.25, 0.3) is 0 Å². The second-order valence-electron chi connectivity index (χ2n) is 3.15. The molecule has 1 rings (SSSR count). The van der Waals surface area contributed by atoms with E-state index in [1.165, 1.54) is 0 Å². The molecule has 0 saturated carbocycles. The lowest BCUT2D eigenvalue weighted by Crippen LogP contribution is -2.01. The van der Waals surface area contributed by atoms with Gasteiger partial charge in [0.2, 0.25) is 0 Å². The van der Waals surface area contributed by atoms with Gasteiger partial charge in [0.15, 0.2) is 0 Å². The van der Waals surface area contributed by atoms with Crippen LogP contribution in [-0.2, 0) is 9.53 Å². The van der Waals surface area contributed by atoms with Gasteiger partial charge >= 0.3 is 5.97 Å². The fraction of sp³-hybridized carbons (Fsp3) is 0.231. The Morgan fingerprint density at radius 3 is 2.94 bits per heavy atom. The summed E-state index contributed by atoms with van der Waals surface area (Å²) in [5.74, 6) is 5.20. The number of rotatable bonds is 3. The van der Waals surface area contributed by atoms with Crippen LogP contribution in [0.1, 0.15) is 18.9 Å². The topological polar surface area (TPSA) is 38.7 Å². The summed E-state index contributed by atoms with van der Waals surface area (Å²) in [7, 11) is 0. The van der Waals surface area contributed by atoms with E-state index >= 15 is 0 Å². The average Bonchev–Trinajstić information content (AvgIpc) is 2.33. The maximum Gasteiger partial charge on any atom is 0.317 e. The molecule has 0 aliphatic rings. The van der Waals surface area contributed by atoms with Crippen molar-refractivity contribution in [1.29, 1.82) is 0 Å². The predicted octanol–water partition coefficient (Wildman–Crippen LogP) is 3.38. The monoisotopic (exact) mass is 279 g/mol. The van der Waals surface area contributed by atoms with E-state index < -0.39 is 0 Å². The second-order valence-corrected chi connectivity index (χ2v) is 3.74. The standard InChI is InChI=1S/C13H10ClNO2S/c1-2-17-13(16)5-3-4-10-6-7-12(15-9-18)11(14)8-10/h6-8H,2,5H2,1H3. The van der Waals surface area contributed by atoms with E-state index in [9.17, 15) is 4.79 Å². The number of hydrogen-bond donors (Lipinski definition) is 0. The lowest BCUT2D eigenvalue weighted by molar-refractivity contribution is -0.141. The van der Waals surface area contributed by atoms with Crippen LogP contribution in [0.15, 0.2) is 23.2 Å². The minimum absolute atomic E-state index is 0.0608. The molecule has 0 fully saturated rings. The minimum atomic E-state index is -0.335. The lowest BCUT2D eigenvalue weighted by atomic mass is 10.2. The molecule has 0 spiro atoms. The van der Waals surface area contributed by atoms with Gasteiger partial charge < -0.3 is 4.74 Å². The van der Waals surface area contributed by atoms with Crippen LogP contribution in [0.25, 0.3) is 0 Å². The second kappa shape index (κ2) is 7.62. The Labute approximate surface area is 116 Å². The molecule has 3 nitrogen and oxygen atoms in total. The van der Waals surface area contributed by atoms with E-state index in [0.717, 1.165) is 0 Å². The summed E-state index contributed by atoms with van der Waals surface area (Å²) in [5.41, 5.74) is 1.25. The normalized spacial score (nSPS) is 8.78. The van der Waals surface area contributed by atoms with Crippen LogP contribution in [0, 0.1) is 11.8 Å². The molecule has 0 bridgehead atoms. The molecule has 0 heterocycles. The SMILES string of the molecule is CCOC(=O)CC#Cc1ccc(N=C=S)c(Cl)c1. The molecule has 5 heteroatoms. The molecular formula is C13H10ClNO2S. The van der Waals surface area contributed by atoms with E-state index in [1.54, 1.807) is 25.1 Å². The highest BCUT2D eigenvalue weighted by Crippen LogP contribution is 2.24. The van der Waals surface area contributed by atoms with Crippen LogP contribution in [0.2, 0.25) is 5.02 Å². The van der Waals surface area contributed by atoms with Crippen molar-refractivity contribution in [2.45, 2.75) is 13.3 Å².